The second-order valence-electron chi connectivity index (χ2n) is 12.0. The lowest BCUT2D eigenvalue weighted by Gasteiger charge is -2.61. The molecule has 10 atom stereocenters. The van der Waals surface area contributed by atoms with Crippen molar-refractivity contribution < 1.29 is 24.5 Å². The van der Waals surface area contributed by atoms with Gasteiger partial charge >= 0.3 is 5.97 Å². The zero-order chi connectivity index (χ0) is 24.9. The van der Waals surface area contributed by atoms with Crippen LogP contribution in [0.15, 0.2) is 12.7 Å². The highest BCUT2D eigenvalue weighted by Gasteiger charge is 2.68. The Bertz CT molecular complexity index is 821. The SMILES string of the molecule is C=C[C@]1(C)C[C@@H](OC(=O)CSC2CCNCC2O)[C@@]2(C)C3C(=O)CCC3(CC[C@H]2C)[C@@H](C)C1O. The van der Waals surface area contributed by atoms with Crippen LogP contribution in [0.1, 0.15) is 66.2 Å². The van der Waals surface area contributed by atoms with E-state index in [4.69, 9.17) is 4.74 Å². The quantitative estimate of drug-likeness (QED) is 0.399. The number of aliphatic hydroxyl groups is 2. The standard InChI is InChI=1S/C27H43NO5S/c1-6-25(4)13-21(33-22(31)15-34-20-9-12-28-14-19(20)30)26(5)16(2)7-10-27(17(3)24(25)32)11-8-18(29)23(26)27/h6,16-17,19-21,23-24,28,30,32H,1,7-15H2,2-5H3/t16-,17+,19?,20?,21-,23?,24?,25-,26+,27?/m1/s1. The number of esters is 1. The van der Waals surface area contributed by atoms with Crippen LogP contribution in [-0.4, -0.2) is 64.4 Å². The lowest BCUT2D eigenvalue weighted by Crippen LogP contribution is -2.63. The van der Waals surface area contributed by atoms with E-state index in [1.54, 1.807) is 0 Å². The first-order chi connectivity index (χ1) is 16.0. The number of ether oxygens (including phenoxy) is 1. The molecule has 0 aromatic heterocycles. The summed E-state index contributed by atoms with van der Waals surface area (Å²) >= 11 is 1.46. The average molecular weight is 494 g/mol. The van der Waals surface area contributed by atoms with Gasteiger partial charge in [0.1, 0.15) is 11.9 Å². The molecule has 192 valence electrons. The van der Waals surface area contributed by atoms with Crippen molar-refractivity contribution in [1.29, 1.82) is 0 Å². The maximum Gasteiger partial charge on any atom is 0.316 e. The molecule has 0 amide bonds. The highest BCUT2D eigenvalue weighted by atomic mass is 32.2. The normalized spacial score (nSPS) is 49.0. The van der Waals surface area contributed by atoms with Gasteiger partial charge in [-0.25, -0.2) is 0 Å². The van der Waals surface area contributed by atoms with Crippen LogP contribution in [0, 0.1) is 34.0 Å². The third kappa shape index (κ3) is 4.08. The summed E-state index contributed by atoms with van der Waals surface area (Å²) in [5.41, 5.74) is -1.37. The number of piperidine rings is 1. The van der Waals surface area contributed by atoms with E-state index in [9.17, 15) is 19.8 Å². The summed E-state index contributed by atoms with van der Waals surface area (Å²) in [5, 5.41) is 25.0. The third-order valence-corrected chi connectivity index (χ3v) is 11.8. The highest BCUT2D eigenvalue weighted by Crippen LogP contribution is 2.68. The molecule has 2 bridgehead atoms. The van der Waals surface area contributed by atoms with E-state index in [-0.39, 0.29) is 45.9 Å². The molecule has 4 aliphatic rings. The number of aliphatic hydroxyl groups excluding tert-OH is 2. The molecule has 5 unspecified atom stereocenters. The van der Waals surface area contributed by atoms with Crippen LogP contribution in [0.5, 0.6) is 0 Å². The molecule has 3 aliphatic carbocycles. The first kappa shape index (κ1) is 26.2. The maximum absolute atomic E-state index is 13.4. The van der Waals surface area contributed by atoms with Gasteiger partial charge in [0.25, 0.3) is 0 Å². The van der Waals surface area contributed by atoms with E-state index in [1.165, 1.54) is 11.8 Å². The fourth-order valence-corrected chi connectivity index (χ4v) is 8.90. The summed E-state index contributed by atoms with van der Waals surface area (Å²) in [6.07, 6.45) is 4.72. The van der Waals surface area contributed by atoms with Gasteiger partial charge in [-0.15, -0.1) is 18.3 Å². The first-order valence-electron chi connectivity index (χ1n) is 13.0. The topological polar surface area (TPSA) is 95.9 Å². The van der Waals surface area contributed by atoms with Crippen LogP contribution in [0.25, 0.3) is 0 Å². The summed E-state index contributed by atoms with van der Waals surface area (Å²) in [7, 11) is 0. The molecule has 1 saturated heterocycles. The number of thioether (sulfide) groups is 1. The molecule has 0 aromatic carbocycles. The molecule has 4 fully saturated rings. The van der Waals surface area contributed by atoms with Crippen molar-refractivity contribution in [3.8, 4) is 0 Å². The van der Waals surface area contributed by atoms with E-state index < -0.39 is 29.1 Å². The van der Waals surface area contributed by atoms with E-state index in [2.05, 4.69) is 32.7 Å². The van der Waals surface area contributed by atoms with Crippen LogP contribution < -0.4 is 5.32 Å². The molecule has 0 radical (unpaired) electrons. The van der Waals surface area contributed by atoms with Gasteiger partial charge < -0.3 is 20.3 Å². The third-order valence-electron chi connectivity index (χ3n) is 10.4. The Kier molecular flexibility index (Phi) is 7.34. The Morgan fingerprint density at radius 2 is 2.00 bits per heavy atom. The Balaban J connectivity index is 1.65. The van der Waals surface area contributed by atoms with Crippen molar-refractivity contribution in [3.05, 3.63) is 12.7 Å². The number of rotatable bonds is 5. The van der Waals surface area contributed by atoms with Crippen molar-refractivity contribution in [2.75, 3.05) is 18.8 Å². The highest BCUT2D eigenvalue weighted by molar-refractivity contribution is 8.00. The monoisotopic (exact) mass is 493 g/mol. The van der Waals surface area contributed by atoms with Gasteiger partial charge in [-0.05, 0) is 55.9 Å². The number of carbonyl (C=O) groups excluding carboxylic acids is 2. The van der Waals surface area contributed by atoms with E-state index in [1.807, 2.05) is 13.0 Å². The van der Waals surface area contributed by atoms with Gasteiger partial charge in [-0.1, -0.05) is 33.8 Å². The van der Waals surface area contributed by atoms with Gasteiger partial charge in [-0.2, -0.15) is 0 Å². The van der Waals surface area contributed by atoms with Crippen LogP contribution in [0.2, 0.25) is 0 Å². The lowest BCUT2D eigenvalue weighted by atomic mass is 9.44. The molecule has 4 rings (SSSR count). The van der Waals surface area contributed by atoms with Crippen LogP contribution in [-0.2, 0) is 14.3 Å². The zero-order valence-corrected chi connectivity index (χ0v) is 22.0. The number of Topliss-reactive ketones (excluding diaryl/α,β-unsaturated/α-hetero) is 1. The summed E-state index contributed by atoms with van der Waals surface area (Å²) in [4.78, 5) is 26.6. The number of ketones is 1. The van der Waals surface area contributed by atoms with Crippen LogP contribution in [0.4, 0.5) is 0 Å². The van der Waals surface area contributed by atoms with Crippen molar-refractivity contribution in [3.63, 3.8) is 0 Å². The molecule has 3 saturated carbocycles. The predicted octanol–water partition coefficient (Wildman–Crippen LogP) is 3.35. The Labute approximate surface area is 208 Å². The molecule has 0 aromatic rings. The molecule has 0 spiro atoms. The maximum atomic E-state index is 13.4. The predicted molar refractivity (Wildman–Crippen MR) is 134 cm³/mol. The number of carbonyl (C=O) groups is 2. The van der Waals surface area contributed by atoms with E-state index >= 15 is 0 Å². The van der Waals surface area contributed by atoms with Crippen molar-refractivity contribution in [2.45, 2.75) is 89.8 Å². The summed E-state index contributed by atoms with van der Waals surface area (Å²) < 4.78 is 6.28. The van der Waals surface area contributed by atoms with Gasteiger partial charge in [0, 0.05) is 35.0 Å². The van der Waals surface area contributed by atoms with Crippen molar-refractivity contribution in [1.82, 2.24) is 5.32 Å². The molecule has 7 heteroatoms. The Hall–Kier alpha value is -0.890. The zero-order valence-electron chi connectivity index (χ0n) is 21.2. The second kappa shape index (κ2) is 9.53. The minimum absolute atomic E-state index is 0.0143. The summed E-state index contributed by atoms with van der Waals surface area (Å²) in [6.45, 7) is 13.9. The molecule has 6 nitrogen and oxygen atoms in total. The second-order valence-corrected chi connectivity index (χ2v) is 13.2. The Morgan fingerprint density at radius 1 is 1.26 bits per heavy atom. The minimum Gasteiger partial charge on any atom is -0.461 e. The molecule has 1 aliphatic heterocycles. The number of hydrogen-bond acceptors (Lipinski definition) is 7. The van der Waals surface area contributed by atoms with Gasteiger partial charge in [0.2, 0.25) is 0 Å². The van der Waals surface area contributed by atoms with E-state index in [0.29, 0.717) is 19.4 Å². The van der Waals surface area contributed by atoms with Crippen molar-refractivity contribution >= 4 is 23.5 Å². The fraction of sp³-hybridized carbons (Fsp3) is 0.852. The van der Waals surface area contributed by atoms with Crippen molar-refractivity contribution in [2.24, 2.45) is 34.0 Å². The number of nitrogens with one attached hydrogen (secondary N) is 1. The van der Waals surface area contributed by atoms with Gasteiger partial charge in [-0.3, -0.25) is 9.59 Å². The van der Waals surface area contributed by atoms with E-state index in [0.717, 1.165) is 32.2 Å². The van der Waals surface area contributed by atoms with Gasteiger partial charge in [0.05, 0.1) is 18.0 Å². The lowest BCUT2D eigenvalue weighted by molar-refractivity contribution is -0.205. The minimum atomic E-state index is -0.656. The first-order valence-corrected chi connectivity index (χ1v) is 14.1. The largest absolute Gasteiger partial charge is 0.461 e. The Morgan fingerprint density at radius 3 is 2.68 bits per heavy atom. The number of hydrogen-bond donors (Lipinski definition) is 3. The molecular formula is C27H43NO5S. The smallest absolute Gasteiger partial charge is 0.316 e. The molecule has 3 N–H and O–H groups in total. The number of β-amino-alcohol motifs (C(OH)–C–C–N with tert-alkyl or cyclic N) is 1. The molecule has 34 heavy (non-hydrogen) atoms. The summed E-state index contributed by atoms with van der Waals surface area (Å²) in [5.74, 6) is 0.123. The molecular weight excluding hydrogens is 450 g/mol. The molecule has 1 heterocycles. The summed E-state index contributed by atoms with van der Waals surface area (Å²) in [6, 6.07) is 0. The average Bonchev–Trinajstić information content (AvgIpc) is 3.17. The fourth-order valence-electron chi connectivity index (χ4n) is 7.88. The van der Waals surface area contributed by atoms with Gasteiger partial charge in [0.15, 0.2) is 0 Å². The van der Waals surface area contributed by atoms with Crippen LogP contribution in [0.3, 0.4) is 0 Å². The van der Waals surface area contributed by atoms with Crippen LogP contribution >= 0.6 is 11.8 Å².